The molecule has 0 saturated carbocycles. The number of carbonyl (C=O) groups excluding carboxylic acids is 1. The Morgan fingerprint density at radius 2 is 2.07 bits per heavy atom. The number of fused-ring (bicyclic) bond motifs is 1. The molecule has 0 spiro atoms. The normalized spacial score (nSPS) is 11.6. The second kappa shape index (κ2) is 8.08. The molecule has 0 aliphatic rings. The van der Waals surface area contributed by atoms with Gasteiger partial charge in [0.1, 0.15) is 5.76 Å². The number of amides is 1. The number of hydrogen-bond donors (Lipinski definition) is 1. The average Bonchev–Trinajstić information content (AvgIpc) is 3.25. The van der Waals surface area contributed by atoms with E-state index in [1.165, 1.54) is 5.57 Å². The van der Waals surface area contributed by atoms with Crippen LogP contribution in [0.15, 0.2) is 52.5 Å². The van der Waals surface area contributed by atoms with E-state index >= 15 is 0 Å². The lowest BCUT2D eigenvalue weighted by Gasteiger charge is -2.09. The number of para-hydroxylation sites is 1. The summed E-state index contributed by atoms with van der Waals surface area (Å²) in [7, 11) is 0. The fraction of sp³-hybridized carbons (Fsp3) is 0.273. The van der Waals surface area contributed by atoms with Crippen LogP contribution in [0.5, 0.6) is 0 Å². The van der Waals surface area contributed by atoms with Gasteiger partial charge in [0.2, 0.25) is 6.41 Å². The Bertz CT molecular complexity index is 1020. The fourth-order valence-corrected chi connectivity index (χ4v) is 3.23. The highest BCUT2D eigenvalue weighted by molar-refractivity contribution is 5.83. The number of imidazole rings is 1. The minimum atomic E-state index is 0.530. The van der Waals surface area contributed by atoms with E-state index < -0.39 is 0 Å². The Morgan fingerprint density at radius 3 is 2.78 bits per heavy atom. The van der Waals surface area contributed by atoms with Gasteiger partial charge in [0.05, 0.1) is 11.0 Å². The first-order valence-electron chi connectivity index (χ1n) is 9.09. The van der Waals surface area contributed by atoms with Crippen molar-refractivity contribution in [2.24, 2.45) is 0 Å². The average molecular weight is 363 g/mol. The molecular weight excluding hydrogens is 338 g/mol. The van der Waals surface area contributed by atoms with Crippen molar-refractivity contribution in [3.63, 3.8) is 0 Å². The first kappa shape index (κ1) is 18.7. The maximum atomic E-state index is 10.7. The maximum absolute atomic E-state index is 10.7. The summed E-state index contributed by atoms with van der Waals surface area (Å²) in [6.45, 7) is 9.35. The number of allylic oxidation sites excluding steroid dienone is 4. The Labute approximate surface area is 159 Å². The first-order valence-corrected chi connectivity index (χ1v) is 9.09. The number of hydrogen-bond acceptors (Lipinski definition) is 3. The van der Waals surface area contributed by atoms with Crippen molar-refractivity contribution in [1.29, 1.82) is 0 Å². The molecule has 3 rings (SSSR count). The molecule has 0 bridgehead atoms. The van der Waals surface area contributed by atoms with Crippen molar-refractivity contribution in [3.05, 3.63) is 59.4 Å². The van der Waals surface area contributed by atoms with Crippen LogP contribution in [0.3, 0.4) is 0 Å². The highest BCUT2D eigenvalue weighted by atomic mass is 16.3. The van der Waals surface area contributed by atoms with Gasteiger partial charge in [0.25, 0.3) is 0 Å². The van der Waals surface area contributed by atoms with Crippen LogP contribution < -0.4 is 5.32 Å². The van der Waals surface area contributed by atoms with E-state index in [2.05, 4.69) is 42.8 Å². The lowest BCUT2D eigenvalue weighted by atomic mass is 10.1. The summed E-state index contributed by atoms with van der Waals surface area (Å²) in [4.78, 5) is 15.5. The number of rotatable bonds is 7. The molecule has 1 amide bonds. The standard InChI is InChI=1S/C22H25N3O2/c1-5-17(13-15(2)3)19-9-10-20(27-19)22-24-18-8-6-7-16(4)21(18)25(22)12-11-23-14-26/h5-10,13-14H,11-12H2,1-4H3,(H,23,26)/b17-5+. The molecule has 5 nitrogen and oxygen atoms in total. The minimum Gasteiger partial charge on any atom is -0.453 e. The van der Waals surface area contributed by atoms with Gasteiger partial charge in [-0.05, 0) is 51.5 Å². The summed E-state index contributed by atoms with van der Waals surface area (Å²) in [6, 6.07) is 10.0. The van der Waals surface area contributed by atoms with Crippen molar-refractivity contribution < 1.29 is 9.21 Å². The zero-order valence-corrected chi connectivity index (χ0v) is 16.2. The predicted octanol–water partition coefficient (Wildman–Crippen LogP) is 4.72. The molecule has 0 radical (unpaired) electrons. The Kier molecular flexibility index (Phi) is 5.60. The van der Waals surface area contributed by atoms with Crippen LogP contribution in [0.1, 0.15) is 32.1 Å². The number of benzene rings is 1. The molecule has 3 aromatic rings. The van der Waals surface area contributed by atoms with E-state index in [9.17, 15) is 4.79 Å². The van der Waals surface area contributed by atoms with Crippen LogP contribution in [0.4, 0.5) is 0 Å². The van der Waals surface area contributed by atoms with Crippen molar-refractivity contribution in [1.82, 2.24) is 14.9 Å². The summed E-state index contributed by atoms with van der Waals surface area (Å²) < 4.78 is 8.26. The number of nitrogens with one attached hydrogen (secondary N) is 1. The Hall–Kier alpha value is -3.08. The van der Waals surface area contributed by atoms with Gasteiger partial charge in [-0.15, -0.1) is 0 Å². The molecule has 0 atom stereocenters. The van der Waals surface area contributed by atoms with Gasteiger partial charge in [0.15, 0.2) is 11.6 Å². The number of carbonyl (C=O) groups is 1. The van der Waals surface area contributed by atoms with Crippen molar-refractivity contribution in [2.75, 3.05) is 6.54 Å². The van der Waals surface area contributed by atoms with Gasteiger partial charge in [-0.1, -0.05) is 29.9 Å². The summed E-state index contributed by atoms with van der Waals surface area (Å²) in [5, 5.41) is 2.73. The quantitative estimate of drug-likeness (QED) is 0.375. The molecule has 0 fully saturated rings. The van der Waals surface area contributed by atoms with Crippen LogP contribution in [-0.2, 0) is 11.3 Å². The van der Waals surface area contributed by atoms with Crippen LogP contribution in [0, 0.1) is 6.92 Å². The van der Waals surface area contributed by atoms with Crippen LogP contribution in [0.25, 0.3) is 28.2 Å². The summed E-state index contributed by atoms with van der Waals surface area (Å²) >= 11 is 0. The molecule has 140 valence electrons. The van der Waals surface area contributed by atoms with Crippen LogP contribution in [0.2, 0.25) is 0 Å². The third kappa shape index (κ3) is 3.87. The molecule has 1 aromatic carbocycles. The largest absolute Gasteiger partial charge is 0.453 e. The zero-order chi connectivity index (χ0) is 19.4. The second-order valence-corrected chi connectivity index (χ2v) is 6.73. The lowest BCUT2D eigenvalue weighted by molar-refractivity contribution is -0.109. The molecule has 27 heavy (non-hydrogen) atoms. The molecule has 2 heterocycles. The first-order chi connectivity index (χ1) is 13.0. The van der Waals surface area contributed by atoms with Crippen molar-refractivity contribution in [2.45, 2.75) is 34.2 Å². The van der Waals surface area contributed by atoms with E-state index in [1.54, 1.807) is 0 Å². The topological polar surface area (TPSA) is 60.1 Å². The molecule has 0 aliphatic heterocycles. The van der Waals surface area contributed by atoms with Gasteiger partial charge >= 0.3 is 0 Å². The third-order valence-corrected chi connectivity index (χ3v) is 4.40. The Morgan fingerprint density at radius 1 is 1.26 bits per heavy atom. The molecule has 0 unspecified atom stereocenters. The summed E-state index contributed by atoms with van der Waals surface area (Å²) in [5.74, 6) is 2.30. The minimum absolute atomic E-state index is 0.530. The van der Waals surface area contributed by atoms with Crippen molar-refractivity contribution in [3.8, 4) is 11.6 Å². The van der Waals surface area contributed by atoms with E-state index in [0.29, 0.717) is 25.3 Å². The summed E-state index contributed by atoms with van der Waals surface area (Å²) in [6.07, 6.45) is 4.86. The van der Waals surface area contributed by atoms with Crippen LogP contribution >= 0.6 is 0 Å². The van der Waals surface area contributed by atoms with Gasteiger partial charge in [-0.2, -0.15) is 0 Å². The fourth-order valence-electron chi connectivity index (χ4n) is 3.23. The smallest absolute Gasteiger partial charge is 0.207 e. The highest BCUT2D eigenvalue weighted by Gasteiger charge is 2.17. The van der Waals surface area contributed by atoms with Crippen molar-refractivity contribution >= 4 is 23.0 Å². The SMILES string of the molecule is C/C=C(\C=C(C)C)c1ccc(-c2nc3cccc(C)c3n2CCNC=O)o1. The molecule has 0 aliphatic carbocycles. The number of furan rings is 1. The van der Waals surface area contributed by atoms with Gasteiger partial charge in [-0.25, -0.2) is 4.98 Å². The summed E-state index contributed by atoms with van der Waals surface area (Å²) in [5.41, 5.74) is 5.38. The third-order valence-electron chi connectivity index (χ3n) is 4.40. The van der Waals surface area contributed by atoms with Crippen LogP contribution in [-0.4, -0.2) is 22.5 Å². The maximum Gasteiger partial charge on any atom is 0.207 e. The Balaban J connectivity index is 2.09. The lowest BCUT2D eigenvalue weighted by Crippen LogP contribution is -2.18. The molecule has 0 saturated heterocycles. The monoisotopic (exact) mass is 363 g/mol. The number of aromatic nitrogens is 2. The number of aryl methyl sites for hydroxylation is 1. The number of nitrogens with zero attached hydrogens (tertiary/aromatic N) is 2. The van der Waals surface area contributed by atoms with E-state index in [-0.39, 0.29) is 0 Å². The molecule has 5 heteroatoms. The zero-order valence-electron chi connectivity index (χ0n) is 16.2. The van der Waals surface area contributed by atoms with E-state index in [1.807, 2.05) is 37.3 Å². The highest BCUT2D eigenvalue weighted by Crippen LogP contribution is 2.30. The predicted molar refractivity (Wildman–Crippen MR) is 109 cm³/mol. The molecule has 2 aromatic heterocycles. The van der Waals surface area contributed by atoms with Gasteiger partial charge in [-0.3, -0.25) is 4.79 Å². The van der Waals surface area contributed by atoms with Gasteiger partial charge in [0, 0.05) is 18.7 Å². The van der Waals surface area contributed by atoms with Gasteiger partial charge < -0.3 is 14.3 Å². The molecular formula is C22H25N3O2. The van der Waals surface area contributed by atoms with E-state index in [0.717, 1.165) is 33.8 Å². The van der Waals surface area contributed by atoms with E-state index in [4.69, 9.17) is 9.40 Å². The second-order valence-electron chi connectivity index (χ2n) is 6.73. The molecule has 1 N–H and O–H groups in total.